The largest absolute Gasteiger partial charge is 0.507 e. The summed E-state index contributed by atoms with van der Waals surface area (Å²) >= 11 is 0. The van der Waals surface area contributed by atoms with Crippen molar-refractivity contribution < 1.29 is 27.8 Å². The summed E-state index contributed by atoms with van der Waals surface area (Å²) in [6.07, 6.45) is 0. The quantitative estimate of drug-likeness (QED) is 0.269. The fourth-order valence-corrected chi connectivity index (χ4v) is 3.36. The summed E-state index contributed by atoms with van der Waals surface area (Å²) < 4.78 is 32.8. The molecule has 3 aromatic carbocycles. The van der Waals surface area contributed by atoms with Gasteiger partial charge in [0.05, 0.1) is 10.6 Å². The number of carbonyl (C=O) groups excluding carboxylic acids is 1. The van der Waals surface area contributed by atoms with Crippen LogP contribution in [0.5, 0.6) is 5.75 Å². The summed E-state index contributed by atoms with van der Waals surface area (Å²) in [5.74, 6) is -0.973. The molecule has 1 amide bonds. The number of nitro benzene ring substituents is 1. The summed E-state index contributed by atoms with van der Waals surface area (Å²) in [6.45, 7) is 0. The number of rotatable bonds is 4. The topological polar surface area (TPSA) is 147 Å². The molecule has 138 valence electrons. The highest BCUT2D eigenvalue weighted by Crippen LogP contribution is 2.35. The maximum atomic E-state index is 12.5. The lowest BCUT2D eigenvalue weighted by Crippen LogP contribution is -2.13. The van der Waals surface area contributed by atoms with Gasteiger partial charge in [-0.25, -0.2) is 0 Å². The van der Waals surface area contributed by atoms with Gasteiger partial charge in [-0.3, -0.25) is 19.5 Å². The second-order valence-electron chi connectivity index (χ2n) is 5.55. The van der Waals surface area contributed by atoms with E-state index >= 15 is 0 Å². The third-order valence-corrected chi connectivity index (χ3v) is 4.72. The van der Waals surface area contributed by atoms with Crippen LogP contribution in [0.1, 0.15) is 10.4 Å². The van der Waals surface area contributed by atoms with Crippen LogP contribution >= 0.6 is 0 Å². The van der Waals surface area contributed by atoms with Crippen molar-refractivity contribution >= 4 is 38.2 Å². The van der Waals surface area contributed by atoms with Crippen molar-refractivity contribution in [3.8, 4) is 5.75 Å². The van der Waals surface area contributed by atoms with Gasteiger partial charge in [-0.1, -0.05) is 18.2 Å². The monoisotopic (exact) mass is 388 g/mol. The highest BCUT2D eigenvalue weighted by atomic mass is 32.2. The molecule has 0 radical (unpaired) electrons. The number of fused-ring (bicyclic) bond motifs is 1. The number of nitro groups is 1. The summed E-state index contributed by atoms with van der Waals surface area (Å²) in [5, 5.41) is 23.3. The highest BCUT2D eigenvalue weighted by molar-refractivity contribution is 7.86. The number of phenols is 1. The van der Waals surface area contributed by atoms with Crippen molar-refractivity contribution in [1.82, 2.24) is 0 Å². The lowest BCUT2D eigenvalue weighted by atomic mass is 10.1. The zero-order chi connectivity index (χ0) is 19.8. The molecule has 0 aliphatic carbocycles. The van der Waals surface area contributed by atoms with Crippen LogP contribution in [0.4, 0.5) is 11.4 Å². The second-order valence-corrected chi connectivity index (χ2v) is 6.94. The van der Waals surface area contributed by atoms with Gasteiger partial charge < -0.3 is 10.4 Å². The van der Waals surface area contributed by atoms with Gasteiger partial charge in [-0.15, -0.1) is 0 Å². The Morgan fingerprint density at radius 1 is 1.07 bits per heavy atom. The van der Waals surface area contributed by atoms with Crippen LogP contribution in [0.25, 0.3) is 10.8 Å². The van der Waals surface area contributed by atoms with E-state index in [0.717, 1.165) is 12.1 Å². The minimum atomic E-state index is -4.64. The standard InChI is InChI=1S/C17H12N2O7S/c20-14-8-7-13(16-12(14)5-2-6-15(16)27(24,25)26)18-17(21)10-3-1-4-11(9-10)19(22)23/h1-9,20H,(H,18,21)(H,24,25,26). The van der Waals surface area contributed by atoms with Crippen molar-refractivity contribution in [3.63, 3.8) is 0 Å². The second kappa shape index (κ2) is 6.67. The average Bonchev–Trinajstić information content (AvgIpc) is 2.63. The maximum Gasteiger partial charge on any atom is 0.295 e. The Balaban J connectivity index is 2.13. The number of non-ortho nitro benzene ring substituents is 1. The van der Waals surface area contributed by atoms with Gasteiger partial charge in [-0.2, -0.15) is 8.42 Å². The number of phenolic OH excluding ortho intramolecular Hbond substituents is 1. The zero-order valence-electron chi connectivity index (χ0n) is 13.5. The van der Waals surface area contributed by atoms with Gasteiger partial charge in [0.15, 0.2) is 0 Å². The molecule has 9 nitrogen and oxygen atoms in total. The van der Waals surface area contributed by atoms with Crippen LogP contribution in [0.2, 0.25) is 0 Å². The molecule has 3 N–H and O–H groups in total. The Bertz CT molecular complexity index is 1190. The molecule has 0 saturated carbocycles. The van der Waals surface area contributed by atoms with Gasteiger partial charge in [0.2, 0.25) is 0 Å². The van der Waals surface area contributed by atoms with Crippen molar-refractivity contribution in [2.75, 3.05) is 5.32 Å². The lowest BCUT2D eigenvalue weighted by Gasteiger charge is -2.12. The molecular formula is C17H12N2O7S. The van der Waals surface area contributed by atoms with E-state index < -0.39 is 25.8 Å². The van der Waals surface area contributed by atoms with Crippen LogP contribution in [0.3, 0.4) is 0 Å². The summed E-state index contributed by atoms with van der Waals surface area (Å²) in [5.41, 5.74) is -0.292. The Hall–Kier alpha value is -3.50. The normalized spacial score (nSPS) is 11.3. The first-order valence-electron chi connectivity index (χ1n) is 7.46. The van der Waals surface area contributed by atoms with Gasteiger partial charge in [0, 0.05) is 28.5 Å². The van der Waals surface area contributed by atoms with Crippen LogP contribution in [-0.4, -0.2) is 28.9 Å². The van der Waals surface area contributed by atoms with E-state index in [1.54, 1.807) is 0 Å². The summed E-state index contributed by atoms with van der Waals surface area (Å²) in [6, 6.07) is 11.4. The van der Waals surface area contributed by atoms with E-state index in [1.165, 1.54) is 42.5 Å². The number of hydrogen-bond acceptors (Lipinski definition) is 6. The fourth-order valence-electron chi connectivity index (χ4n) is 2.63. The number of carbonyl (C=O) groups is 1. The third kappa shape index (κ3) is 3.57. The maximum absolute atomic E-state index is 12.5. The number of nitrogens with zero attached hydrogens (tertiary/aromatic N) is 1. The molecule has 0 heterocycles. The number of aromatic hydroxyl groups is 1. The van der Waals surface area contributed by atoms with Gasteiger partial charge in [-0.05, 0) is 24.3 Å². The van der Waals surface area contributed by atoms with Crippen molar-refractivity contribution in [2.45, 2.75) is 4.90 Å². The number of hydrogen-bond donors (Lipinski definition) is 3. The highest BCUT2D eigenvalue weighted by Gasteiger charge is 2.20. The molecule has 0 aliphatic heterocycles. The predicted molar refractivity (Wildman–Crippen MR) is 96.5 cm³/mol. The number of benzene rings is 3. The number of anilines is 1. The molecule has 0 unspecified atom stereocenters. The molecule has 10 heteroatoms. The summed E-state index contributed by atoms with van der Waals surface area (Å²) in [4.78, 5) is 22.2. The average molecular weight is 388 g/mol. The number of nitrogens with one attached hydrogen (secondary N) is 1. The number of amides is 1. The molecule has 3 rings (SSSR count). The molecule has 0 aromatic heterocycles. The molecule has 27 heavy (non-hydrogen) atoms. The molecule has 0 atom stereocenters. The molecule has 0 fully saturated rings. The van der Waals surface area contributed by atoms with Crippen LogP contribution in [0, 0.1) is 10.1 Å². The van der Waals surface area contributed by atoms with Crippen molar-refractivity contribution in [2.24, 2.45) is 0 Å². The summed E-state index contributed by atoms with van der Waals surface area (Å²) in [7, 11) is -4.64. The Morgan fingerprint density at radius 3 is 2.44 bits per heavy atom. The van der Waals surface area contributed by atoms with Crippen LogP contribution in [-0.2, 0) is 10.1 Å². The molecule has 0 saturated heterocycles. The van der Waals surface area contributed by atoms with Crippen LogP contribution in [0.15, 0.2) is 59.5 Å². The Morgan fingerprint density at radius 2 is 1.78 bits per heavy atom. The Labute approximate surface area is 152 Å². The molecule has 0 aliphatic rings. The van der Waals surface area contributed by atoms with Crippen molar-refractivity contribution in [1.29, 1.82) is 0 Å². The lowest BCUT2D eigenvalue weighted by molar-refractivity contribution is -0.384. The van der Waals surface area contributed by atoms with E-state index in [1.807, 2.05) is 0 Å². The zero-order valence-corrected chi connectivity index (χ0v) is 14.3. The fraction of sp³-hybridized carbons (Fsp3) is 0. The molecule has 0 spiro atoms. The third-order valence-electron chi connectivity index (χ3n) is 3.82. The van der Waals surface area contributed by atoms with Crippen molar-refractivity contribution in [3.05, 3.63) is 70.3 Å². The van der Waals surface area contributed by atoms with Gasteiger partial charge in [0.1, 0.15) is 10.6 Å². The van der Waals surface area contributed by atoms with E-state index in [0.29, 0.717) is 0 Å². The van der Waals surface area contributed by atoms with E-state index in [2.05, 4.69) is 5.32 Å². The predicted octanol–water partition coefficient (Wildman–Crippen LogP) is 2.95. The minimum Gasteiger partial charge on any atom is -0.507 e. The smallest absolute Gasteiger partial charge is 0.295 e. The first-order chi connectivity index (χ1) is 12.7. The molecule has 0 bridgehead atoms. The Kier molecular flexibility index (Phi) is 4.52. The SMILES string of the molecule is O=C(Nc1ccc(O)c2cccc(S(=O)(=O)O)c12)c1cccc([N+](=O)[O-])c1. The van der Waals surface area contributed by atoms with Gasteiger partial charge >= 0.3 is 0 Å². The minimum absolute atomic E-state index is 0.00697. The molecule has 3 aromatic rings. The van der Waals surface area contributed by atoms with Gasteiger partial charge in [0.25, 0.3) is 21.7 Å². The van der Waals surface area contributed by atoms with E-state index in [-0.39, 0.29) is 33.5 Å². The first-order valence-corrected chi connectivity index (χ1v) is 8.90. The molecular weight excluding hydrogens is 376 g/mol. The van der Waals surface area contributed by atoms with Crippen LogP contribution < -0.4 is 5.32 Å². The van der Waals surface area contributed by atoms with E-state index in [9.17, 15) is 33.0 Å². The van der Waals surface area contributed by atoms with E-state index in [4.69, 9.17) is 0 Å². The first kappa shape index (κ1) is 18.3.